The molecule has 1 aromatic rings. The van der Waals surface area contributed by atoms with Crippen LogP contribution in [0.1, 0.15) is 41.2 Å². The summed E-state index contributed by atoms with van der Waals surface area (Å²) in [4.78, 5) is 17.2. The average Bonchev–Trinajstić information content (AvgIpc) is 2.94. The summed E-state index contributed by atoms with van der Waals surface area (Å²) in [6.45, 7) is 8.44. The first kappa shape index (κ1) is 15.1. The summed E-state index contributed by atoms with van der Waals surface area (Å²) in [5.41, 5.74) is 1.62. The summed E-state index contributed by atoms with van der Waals surface area (Å²) in [5.74, 6) is 0.453. The molecule has 0 unspecified atom stereocenters. The molecule has 1 aromatic heterocycles. The zero-order valence-corrected chi connectivity index (χ0v) is 13.2. The number of aldehydes is 1. The molecule has 1 fully saturated rings. The Morgan fingerprint density at radius 2 is 2.35 bits per heavy atom. The van der Waals surface area contributed by atoms with Crippen LogP contribution in [0.5, 0.6) is 0 Å². The molecule has 1 saturated heterocycles. The monoisotopic (exact) mass is 309 g/mol. The third kappa shape index (κ3) is 3.86. The van der Waals surface area contributed by atoms with Crippen molar-refractivity contribution in [2.45, 2.75) is 25.7 Å². The van der Waals surface area contributed by atoms with Gasteiger partial charge in [0.15, 0.2) is 11.4 Å². The first-order valence-corrected chi connectivity index (χ1v) is 7.96. The lowest BCUT2D eigenvalue weighted by Gasteiger charge is -2.33. The Labute approximate surface area is 128 Å². The number of rotatable bonds is 4. The molecule has 0 saturated carbocycles. The molecule has 6 heteroatoms. The number of carbonyl (C=O) groups is 1. The Balaban J connectivity index is 1.84. The number of nitrogens with one attached hydrogen (secondary N) is 1. The summed E-state index contributed by atoms with van der Waals surface area (Å²) in [6.07, 6.45) is 2.87. The fourth-order valence-corrected chi connectivity index (χ4v) is 3.40. The predicted molar refractivity (Wildman–Crippen MR) is 86.5 cm³/mol. The van der Waals surface area contributed by atoms with E-state index in [-0.39, 0.29) is 0 Å². The van der Waals surface area contributed by atoms with Crippen molar-refractivity contribution in [3.05, 3.63) is 28.2 Å². The number of carbonyl (C=O) groups excluding carboxylic acids is 1. The van der Waals surface area contributed by atoms with Crippen molar-refractivity contribution in [1.82, 2.24) is 15.2 Å². The van der Waals surface area contributed by atoms with E-state index in [2.05, 4.69) is 21.8 Å². The molecule has 0 spiro atoms. The molecule has 0 aromatic carbocycles. The zero-order chi connectivity index (χ0) is 14.5. The van der Waals surface area contributed by atoms with Gasteiger partial charge in [0.25, 0.3) is 0 Å². The van der Waals surface area contributed by atoms with Crippen LogP contribution in [0.3, 0.4) is 0 Å². The number of likely N-dealkylation sites (tertiary alicyclic amines) is 1. The fraction of sp³-hybridized carbons (Fsp3) is 0.500. The molecular formula is C14H19N3OS2. The maximum absolute atomic E-state index is 10.7. The van der Waals surface area contributed by atoms with Gasteiger partial charge < -0.3 is 10.2 Å². The van der Waals surface area contributed by atoms with E-state index < -0.39 is 0 Å². The van der Waals surface area contributed by atoms with Crippen LogP contribution < -0.4 is 5.32 Å². The molecule has 1 aliphatic heterocycles. The molecule has 2 rings (SSSR count). The molecular weight excluding hydrogens is 290 g/mol. The normalized spacial score (nSPS) is 15.9. The van der Waals surface area contributed by atoms with Crippen LogP contribution in [0.2, 0.25) is 0 Å². The van der Waals surface area contributed by atoms with E-state index in [1.807, 2.05) is 12.3 Å². The number of hydrogen-bond acceptors (Lipinski definition) is 4. The van der Waals surface area contributed by atoms with E-state index in [1.165, 1.54) is 0 Å². The van der Waals surface area contributed by atoms with E-state index >= 15 is 0 Å². The topological polar surface area (TPSA) is 45.2 Å². The number of thiocarbonyl (C=S) groups is 1. The van der Waals surface area contributed by atoms with Crippen molar-refractivity contribution in [2.75, 3.05) is 19.6 Å². The quantitative estimate of drug-likeness (QED) is 0.526. The van der Waals surface area contributed by atoms with Gasteiger partial charge in [0.05, 0.1) is 5.01 Å². The van der Waals surface area contributed by atoms with E-state index in [9.17, 15) is 4.79 Å². The highest BCUT2D eigenvalue weighted by Gasteiger charge is 2.24. The van der Waals surface area contributed by atoms with Crippen LogP contribution in [0.25, 0.3) is 0 Å². The van der Waals surface area contributed by atoms with Gasteiger partial charge in [0.1, 0.15) is 5.69 Å². The third-order valence-electron chi connectivity index (χ3n) is 3.33. The number of aromatic nitrogens is 1. The fourth-order valence-electron chi connectivity index (χ4n) is 2.21. The summed E-state index contributed by atoms with van der Waals surface area (Å²) >= 11 is 6.97. The molecule has 0 atom stereocenters. The van der Waals surface area contributed by atoms with Crippen molar-refractivity contribution < 1.29 is 4.79 Å². The van der Waals surface area contributed by atoms with Crippen LogP contribution in [-0.2, 0) is 0 Å². The number of piperidine rings is 1. The van der Waals surface area contributed by atoms with Gasteiger partial charge in [-0.05, 0) is 32.0 Å². The summed E-state index contributed by atoms with van der Waals surface area (Å²) in [6, 6.07) is 0. The van der Waals surface area contributed by atoms with Gasteiger partial charge in [-0.2, -0.15) is 0 Å². The Kier molecular flexibility index (Phi) is 5.25. The molecule has 0 amide bonds. The first-order chi connectivity index (χ1) is 9.60. The Bertz CT molecular complexity index is 504. The van der Waals surface area contributed by atoms with E-state index in [0.29, 0.717) is 11.6 Å². The lowest BCUT2D eigenvalue weighted by molar-refractivity contribution is 0.111. The lowest BCUT2D eigenvalue weighted by Crippen LogP contribution is -2.44. The maximum Gasteiger partial charge on any atom is 0.169 e. The highest BCUT2D eigenvalue weighted by molar-refractivity contribution is 7.80. The maximum atomic E-state index is 10.7. The van der Waals surface area contributed by atoms with E-state index in [4.69, 9.17) is 12.2 Å². The minimum atomic E-state index is 0.453. The minimum Gasteiger partial charge on any atom is -0.359 e. The number of hydrogen-bond donors (Lipinski definition) is 1. The molecule has 0 aliphatic carbocycles. The van der Waals surface area contributed by atoms with Gasteiger partial charge >= 0.3 is 0 Å². The molecule has 1 aliphatic rings. The summed E-state index contributed by atoms with van der Waals surface area (Å²) in [5, 5.41) is 6.93. The summed E-state index contributed by atoms with van der Waals surface area (Å²) < 4.78 is 0. The van der Waals surface area contributed by atoms with Crippen LogP contribution in [0.4, 0.5) is 0 Å². The smallest absolute Gasteiger partial charge is 0.169 e. The molecule has 4 nitrogen and oxygen atoms in total. The minimum absolute atomic E-state index is 0.453. The number of nitrogens with zero attached hydrogens (tertiary/aromatic N) is 2. The standard InChI is InChI=1S/C14H19N3OS2/c1-10(2)7-15-14(19)17-5-3-11(4-6-17)13-16-12(8-18)9-20-13/h8-9,11H,1,3-7H2,2H3,(H,15,19). The Hall–Kier alpha value is -1.27. The third-order valence-corrected chi connectivity index (χ3v) is 4.76. The molecule has 108 valence electrons. The Morgan fingerprint density at radius 1 is 1.65 bits per heavy atom. The van der Waals surface area contributed by atoms with Crippen LogP contribution in [0.15, 0.2) is 17.5 Å². The van der Waals surface area contributed by atoms with E-state index in [1.54, 1.807) is 11.3 Å². The van der Waals surface area contributed by atoms with Gasteiger partial charge in [-0.15, -0.1) is 11.3 Å². The van der Waals surface area contributed by atoms with Crippen LogP contribution >= 0.6 is 23.6 Å². The first-order valence-electron chi connectivity index (χ1n) is 6.68. The van der Waals surface area contributed by atoms with Crippen molar-refractivity contribution in [2.24, 2.45) is 0 Å². The average molecular weight is 309 g/mol. The molecule has 1 N–H and O–H groups in total. The van der Waals surface area contributed by atoms with Crippen molar-refractivity contribution >= 4 is 35.0 Å². The highest BCUT2D eigenvalue weighted by atomic mass is 32.1. The second-order valence-corrected chi connectivity index (χ2v) is 6.38. The van der Waals surface area contributed by atoms with Gasteiger partial charge in [-0.1, -0.05) is 12.2 Å². The Morgan fingerprint density at radius 3 is 2.90 bits per heavy atom. The molecule has 2 heterocycles. The van der Waals surface area contributed by atoms with Crippen molar-refractivity contribution in [1.29, 1.82) is 0 Å². The van der Waals surface area contributed by atoms with E-state index in [0.717, 1.165) is 54.5 Å². The van der Waals surface area contributed by atoms with Gasteiger partial charge in [0, 0.05) is 30.9 Å². The van der Waals surface area contributed by atoms with Gasteiger partial charge in [-0.25, -0.2) is 4.98 Å². The highest BCUT2D eigenvalue weighted by Crippen LogP contribution is 2.30. The second kappa shape index (κ2) is 6.95. The molecule has 0 bridgehead atoms. The van der Waals surface area contributed by atoms with Crippen molar-refractivity contribution in [3.63, 3.8) is 0 Å². The second-order valence-electron chi connectivity index (χ2n) is 5.11. The van der Waals surface area contributed by atoms with Crippen molar-refractivity contribution in [3.8, 4) is 0 Å². The predicted octanol–water partition coefficient (Wildman–Crippen LogP) is 2.59. The van der Waals surface area contributed by atoms with Gasteiger partial charge in [0.2, 0.25) is 0 Å². The zero-order valence-electron chi connectivity index (χ0n) is 11.6. The number of thiazole rings is 1. The largest absolute Gasteiger partial charge is 0.359 e. The lowest BCUT2D eigenvalue weighted by atomic mass is 9.98. The van der Waals surface area contributed by atoms with Gasteiger partial charge in [-0.3, -0.25) is 4.79 Å². The summed E-state index contributed by atoms with van der Waals surface area (Å²) in [7, 11) is 0. The molecule has 0 radical (unpaired) electrons. The molecule has 20 heavy (non-hydrogen) atoms. The van der Waals surface area contributed by atoms with Crippen LogP contribution in [0, 0.1) is 0 Å². The van der Waals surface area contributed by atoms with Crippen LogP contribution in [-0.4, -0.2) is 40.9 Å². The SMILES string of the molecule is C=C(C)CNC(=S)N1CCC(c2nc(C=O)cs2)CC1.